The molecule has 0 aliphatic carbocycles. The maximum absolute atomic E-state index is 11.8. The first-order chi connectivity index (χ1) is 18.7. The van der Waals surface area contributed by atoms with E-state index in [1.807, 2.05) is 33.3 Å². The molecule has 0 saturated carbocycles. The maximum atomic E-state index is 11.8. The second-order valence-corrected chi connectivity index (χ2v) is 12.4. The van der Waals surface area contributed by atoms with Crippen LogP contribution in [0.4, 0.5) is 0 Å². The van der Waals surface area contributed by atoms with Crippen molar-refractivity contribution in [2.45, 2.75) is 110 Å². The van der Waals surface area contributed by atoms with Gasteiger partial charge in [-0.1, -0.05) is 96.6 Å². The fourth-order valence-corrected chi connectivity index (χ4v) is 4.68. The van der Waals surface area contributed by atoms with Crippen LogP contribution in [-0.4, -0.2) is 69.0 Å². The molecular formula is C31H57NO6P+. The summed E-state index contributed by atoms with van der Waals surface area (Å²) in [7, 11) is 4.11. The number of hydrogen-bond acceptors (Lipinski definition) is 6. The van der Waals surface area contributed by atoms with Crippen molar-refractivity contribution in [2.75, 3.05) is 47.5 Å². The van der Waals surface area contributed by atoms with Gasteiger partial charge in [-0.25, -0.2) is 0 Å². The average molecular weight is 571 g/mol. The van der Waals surface area contributed by atoms with E-state index in [0.717, 1.165) is 23.2 Å². The highest BCUT2D eigenvalue weighted by Crippen LogP contribution is 2.33. The summed E-state index contributed by atoms with van der Waals surface area (Å²) in [6.45, 7) is 5.29. The molecule has 0 spiro atoms. The number of rotatable bonds is 25. The van der Waals surface area contributed by atoms with Crippen molar-refractivity contribution in [2.24, 2.45) is 0 Å². The van der Waals surface area contributed by atoms with Crippen LogP contribution in [0.3, 0.4) is 0 Å². The van der Waals surface area contributed by atoms with Crippen LogP contribution in [0.2, 0.25) is 0 Å². The molecule has 0 saturated heterocycles. The zero-order valence-electron chi connectivity index (χ0n) is 25.5. The Balaban J connectivity index is 2.25. The fraction of sp³-hybridized carbons (Fsp3) is 0.774. The Labute approximate surface area is 240 Å². The lowest BCUT2D eigenvalue weighted by molar-refractivity contribution is -0.870. The lowest BCUT2D eigenvalue weighted by Gasteiger charge is -2.24. The van der Waals surface area contributed by atoms with E-state index in [1.54, 1.807) is 6.92 Å². The summed E-state index contributed by atoms with van der Waals surface area (Å²) in [5.74, 6) is 0.384. The maximum Gasteiger partial charge on any atom is 0.330 e. The second-order valence-electron chi connectivity index (χ2n) is 11.4. The monoisotopic (exact) mass is 570 g/mol. The molecule has 0 aromatic heterocycles. The van der Waals surface area contributed by atoms with E-state index in [9.17, 15) is 9.69 Å². The van der Waals surface area contributed by atoms with Crippen molar-refractivity contribution in [3.63, 3.8) is 0 Å². The van der Waals surface area contributed by atoms with E-state index in [4.69, 9.17) is 18.5 Å². The number of hydrogen-bond donors (Lipinski definition) is 1. The molecule has 2 atom stereocenters. The number of carbonyl (C=O) groups excluding carboxylic acids is 1. The van der Waals surface area contributed by atoms with Gasteiger partial charge in [0.05, 0.1) is 27.7 Å². The Hall–Kier alpha value is -1.24. The minimum Gasteiger partial charge on any atom is -0.490 e. The highest BCUT2D eigenvalue weighted by Gasteiger charge is 2.19. The van der Waals surface area contributed by atoms with E-state index < -0.39 is 14.7 Å². The van der Waals surface area contributed by atoms with Crippen LogP contribution in [0.1, 0.15) is 103 Å². The number of esters is 1. The van der Waals surface area contributed by atoms with Crippen LogP contribution in [0.15, 0.2) is 24.3 Å². The third kappa shape index (κ3) is 21.2. The van der Waals surface area contributed by atoms with Crippen molar-refractivity contribution in [1.29, 1.82) is 0 Å². The van der Waals surface area contributed by atoms with Gasteiger partial charge in [-0.2, -0.15) is 0 Å². The van der Waals surface area contributed by atoms with Crippen molar-refractivity contribution in [3.05, 3.63) is 29.8 Å². The SMILES string of the molecule is CCCCCCCCCCCCCCc1ccc(OCC(COP(O)OCC[N+](C)(C)C)OC(=O)CC)cc1. The molecule has 0 bridgehead atoms. The number of benzene rings is 1. The molecule has 1 aromatic carbocycles. The second kappa shape index (κ2) is 22.4. The van der Waals surface area contributed by atoms with E-state index >= 15 is 0 Å². The number of ether oxygens (including phenoxy) is 2. The summed E-state index contributed by atoms with van der Waals surface area (Å²) in [6, 6.07) is 8.13. The molecule has 0 heterocycles. The minimum absolute atomic E-state index is 0.00929. The molecule has 0 aliphatic heterocycles. The first-order valence-corrected chi connectivity index (χ1v) is 16.3. The summed E-state index contributed by atoms with van der Waals surface area (Å²) in [5.41, 5.74) is 1.31. The summed E-state index contributed by atoms with van der Waals surface area (Å²) in [6.07, 6.45) is 17.0. The first kappa shape index (κ1) is 35.8. The largest absolute Gasteiger partial charge is 0.490 e. The predicted octanol–water partition coefficient (Wildman–Crippen LogP) is 7.59. The number of aryl methyl sites for hydroxylation is 1. The summed E-state index contributed by atoms with van der Waals surface area (Å²) < 4.78 is 22.8. The van der Waals surface area contributed by atoms with Gasteiger partial charge in [0.25, 0.3) is 0 Å². The summed E-state index contributed by atoms with van der Waals surface area (Å²) in [4.78, 5) is 21.9. The van der Waals surface area contributed by atoms with Crippen molar-refractivity contribution >= 4 is 14.6 Å². The van der Waals surface area contributed by atoms with Gasteiger partial charge in [0.15, 0.2) is 6.10 Å². The zero-order chi connectivity index (χ0) is 28.8. The van der Waals surface area contributed by atoms with Gasteiger partial charge >= 0.3 is 14.6 Å². The van der Waals surface area contributed by atoms with Gasteiger partial charge in [0, 0.05) is 6.42 Å². The van der Waals surface area contributed by atoms with Crippen molar-refractivity contribution in [3.8, 4) is 5.75 Å². The topological polar surface area (TPSA) is 74.2 Å². The standard InChI is InChI=1S/C31H57NO6P/c1-6-8-9-10-11-12-13-14-15-16-17-18-19-28-20-22-29(23-21-28)35-26-30(38-31(33)7-2)27-37-39(34)36-25-24-32(3,4)5/h20-23,30,34H,6-19,24-27H2,1-5H3/q+1. The van der Waals surface area contributed by atoms with Crippen molar-refractivity contribution < 1.29 is 32.7 Å². The van der Waals surface area contributed by atoms with E-state index in [1.165, 1.54) is 82.6 Å². The quantitative estimate of drug-likeness (QED) is 0.0565. The van der Waals surface area contributed by atoms with E-state index in [0.29, 0.717) is 6.61 Å². The molecule has 1 aromatic rings. The molecule has 0 fully saturated rings. The molecule has 1 rings (SSSR count). The van der Waals surface area contributed by atoms with Gasteiger partial charge < -0.3 is 27.9 Å². The van der Waals surface area contributed by atoms with Crippen LogP contribution in [0.5, 0.6) is 5.75 Å². The normalized spacial score (nSPS) is 13.3. The Morgan fingerprint density at radius 3 is 1.92 bits per heavy atom. The van der Waals surface area contributed by atoms with Crippen molar-refractivity contribution in [1.82, 2.24) is 0 Å². The smallest absolute Gasteiger partial charge is 0.330 e. The number of unbranched alkanes of at least 4 members (excludes halogenated alkanes) is 11. The summed E-state index contributed by atoms with van der Waals surface area (Å²) >= 11 is 0. The first-order valence-electron chi connectivity index (χ1n) is 15.2. The van der Waals surface area contributed by atoms with Crippen LogP contribution in [0, 0.1) is 0 Å². The molecule has 7 nitrogen and oxygen atoms in total. The van der Waals surface area contributed by atoms with Gasteiger partial charge in [-0.3, -0.25) is 4.79 Å². The number of nitrogens with zero attached hydrogens (tertiary/aromatic N) is 1. The highest BCUT2D eigenvalue weighted by atomic mass is 31.2. The molecule has 1 N–H and O–H groups in total. The Morgan fingerprint density at radius 2 is 1.38 bits per heavy atom. The predicted molar refractivity (Wildman–Crippen MR) is 161 cm³/mol. The Morgan fingerprint density at radius 1 is 0.821 bits per heavy atom. The third-order valence-corrected chi connectivity index (χ3v) is 7.37. The molecule has 0 aliphatic rings. The molecule has 0 amide bonds. The molecular weight excluding hydrogens is 513 g/mol. The van der Waals surface area contributed by atoms with Crippen LogP contribution in [-0.2, 0) is 25.0 Å². The molecule has 8 heteroatoms. The minimum atomic E-state index is -2.04. The van der Waals surface area contributed by atoms with E-state index in [-0.39, 0.29) is 25.6 Å². The van der Waals surface area contributed by atoms with Gasteiger partial charge in [-0.15, -0.1) is 0 Å². The van der Waals surface area contributed by atoms with Gasteiger partial charge in [-0.05, 0) is 30.5 Å². The van der Waals surface area contributed by atoms with Crippen LogP contribution < -0.4 is 4.74 Å². The average Bonchev–Trinajstić information content (AvgIpc) is 2.90. The lowest BCUT2D eigenvalue weighted by atomic mass is 10.0. The zero-order valence-corrected chi connectivity index (χ0v) is 26.4. The fourth-order valence-electron chi connectivity index (χ4n) is 4.07. The molecule has 0 radical (unpaired) electrons. The number of quaternary nitrogens is 1. The van der Waals surface area contributed by atoms with Crippen LogP contribution >= 0.6 is 8.60 Å². The third-order valence-electron chi connectivity index (χ3n) is 6.60. The van der Waals surface area contributed by atoms with Gasteiger partial charge in [0.1, 0.15) is 25.5 Å². The van der Waals surface area contributed by atoms with Crippen LogP contribution in [0.25, 0.3) is 0 Å². The highest BCUT2D eigenvalue weighted by molar-refractivity contribution is 7.40. The molecule has 226 valence electrons. The number of carbonyl (C=O) groups is 1. The Kier molecular flexibility index (Phi) is 20.6. The van der Waals surface area contributed by atoms with Gasteiger partial charge in [0.2, 0.25) is 0 Å². The Bertz CT molecular complexity index is 725. The summed E-state index contributed by atoms with van der Waals surface area (Å²) in [5, 5.41) is 0. The molecule has 2 unspecified atom stereocenters. The molecule has 39 heavy (non-hydrogen) atoms. The number of likely N-dealkylation sites (N-methyl/N-ethyl adjacent to an activating group) is 1. The lowest BCUT2D eigenvalue weighted by Crippen LogP contribution is -2.37. The van der Waals surface area contributed by atoms with E-state index in [2.05, 4.69) is 19.1 Å².